The highest BCUT2D eigenvalue weighted by Gasteiger charge is 2.02. The fraction of sp³-hybridized carbons (Fsp3) is 0.267. The van der Waals surface area contributed by atoms with Crippen molar-refractivity contribution in [1.29, 1.82) is 0 Å². The number of rotatable bonds is 5. The standard InChI is InChI=1S/C15H16ClNO/c1-2-14-8-13(10-16)9-15(17-14)18-11-12-6-4-3-5-7-12/h3-9H,2,10-11H2,1H3. The first kappa shape index (κ1) is 12.9. The fourth-order valence-electron chi connectivity index (χ4n) is 1.68. The maximum Gasteiger partial charge on any atom is 0.214 e. The Balaban J connectivity index is 2.09. The van der Waals surface area contributed by atoms with Crippen LogP contribution in [0.2, 0.25) is 0 Å². The average molecular weight is 262 g/mol. The Hall–Kier alpha value is -1.54. The molecule has 0 fully saturated rings. The van der Waals surface area contributed by atoms with Gasteiger partial charge in [0, 0.05) is 17.6 Å². The van der Waals surface area contributed by atoms with Gasteiger partial charge in [-0.15, -0.1) is 11.6 Å². The van der Waals surface area contributed by atoms with E-state index in [1.54, 1.807) is 0 Å². The van der Waals surface area contributed by atoms with Crippen LogP contribution in [0.15, 0.2) is 42.5 Å². The molecule has 2 nitrogen and oxygen atoms in total. The summed E-state index contributed by atoms with van der Waals surface area (Å²) in [5.41, 5.74) is 3.19. The minimum atomic E-state index is 0.483. The van der Waals surface area contributed by atoms with E-state index < -0.39 is 0 Å². The summed E-state index contributed by atoms with van der Waals surface area (Å²) in [7, 11) is 0. The zero-order chi connectivity index (χ0) is 12.8. The first-order chi connectivity index (χ1) is 8.81. The molecule has 3 heteroatoms. The fourth-order valence-corrected chi connectivity index (χ4v) is 1.84. The lowest BCUT2D eigenvalue weighted by molar-refractivity contribution is 0.293. The molecule has 0 N–H and O–H groups in total. The van der Waals surface area contributed by atoms with Crippen LogP contribution in [0.3, 0.4) is 0 Å². The van der Waals surface area contributed by atoms with Gasteiger partial charge in [-0.3, -0.25) is 0 Å². The van der Waals surface area contributed by atoms with Crippen LogP contribution in [0.4, 0.5) is 0 Å². The Bertz CT molecular complexity index is 477. The molecule has 1 heterocycles. The van der Waals surface area contributed by atoms with Crippen LogP contribution in [-0.4, -0.2) is 4.98 Å². The number of hydrogen-bond acceptors (Lipinski definition) is 2. The SMILES string of the molecule is CCc1cc(CCl)cc(OCc2ccccc2)n1. The predicted octanol–water partition coefficient (Wildman–Crippen LogP) is 3.96. The minimum Gasteiger partial charge on any atom is -0.473 e. The summed E-state index contributed by atoms with van der Waals surface area (Å²) in [6, 6.07) is 14.0. The molecule has 0 saturated heterocycles. The lowest BCUT2D eigenvalue weighted by Crippen LogP contribution is -2.00. The number of pyridine rings is 1. The molecule has 18 heavy (non-hydrogen) atoms. The van der Waals surface area contributed by atoms with Crippen LogP contribution in [0.1, 0.15) is 23.7 Å². The highest BCUT2D eigenvalue weighted by Crippen LogP contribution is 2.16. The molecule has 0 spiro atoms. The van der Waals surface area contributed by atoms with Crippen LogP contribution >= 0.6 is 11.6 Å². The summed E-state index contributed by atoms with van der Waals surface area (Å²) in [5.74, 6) is 1.13. The van der Waals surface area contributed by atoms with E-state index in [-0.39, 0.29) is 0 Å². The number of ether oxygens (including phenoxy) is 1. The van der Waals surface area contributed by atoms with Gasteiger partial charge in [-0.2, -0.15) is 0 Å². The molecule has 0 aliphatic carbocycles. The average Bonchev–Trinajstić information content (AvgIpc) is 2.45. The maximum atomic E-state index is 5.86. The van der Waals surface area contributed by atoms with Crippen LogP contribution in [-0.2, 0) is 18.9 Å². The Labute approximate surface area is 113 Å². The summed E-state index contributed by atoms with van der Waals surface area (Å²) >= 11 is 5.86. The number of aromatic nitrogens is 1. The summed E-state index contributed by atoms with van der Waals surface area (Å²) < 4.78 is 5.71. The molecule has 2 rings (SSSR count). The molecule has 0 atom stereocenters. The molecule has 1 aromatic carbocycles. The highest BCUT2D eigenvalue weighted by atomic mass is 35.5. The van der Waals surface area contributed by atoms with Crippen molar-refractivity contribution in [2.24, 2.45) is 0 Å². The van der Waals surface area contributed by atoms with Gasteiger partial charge < -0.3 is 4.74 Å². The van der Waals surface area contributed by atoms with E-state index in [0.717, 1.165) is 23.2 Å². The van der Waals surface area contributed by atoms with Gasteiger partial charge in [0.15, 0.2) is 0 Å². The molecule has 0 aliphatic heterocycles. The molecular formula is C15H16ClNO. The summed E-state index contributed by atoms with van der Waals surface area (Å²) in [6.45, 7) is 2.60. The quantitative estimate of drug-likeness (QED) is 0.760. The Kier molecular flexibility index (Phi) is 4.59. The third kappa shape index (κ3) is 3.47. The molecule has 0 saturated carbocycles. The van der Waals surface area contributed by atoms with Crippen LogP contribution in [0.5, 0.6) is 5.88 Å². The molecule has 0 radical (unpaired) electrons. The lowest BCUT2D eigenvalue weighted by Gasteiger charge is -2.08. The van der Waals surface area contributed by atoms with Crippen molar-refractivity contribution < 1.29 is 4.74 Å². The van der Waals surface area contributed by atoms with Crippen LogP contribution in [0, 0.1) is 0 Å². The van der Waals surface area contributed by atoms with Crippen molar-refractivity contribution in [1.82, 2.24) is 4.98 Å². The Morgan fingerprint density at radius 3 is 2.56 bits per heavy atom. The van der Waals surface area contributed by atoms with Gasteiger partial charge in [0.2, 0.25) is 5.88 Å². The zero-order valence-electron chi connectivity index (χ0n) is 10.4. The van der Waals surface area contributed by atoms with Gasteiger partial charge in [-0.1, -0.05) is 37.3 Å². The van der Waals surface area contributed by atoms with Crippen molar-refractivity contribution in [3.05, 3.63) is 59.3 Å². The summed E-state index contributed by atoms with van der Waals surface area (Å²) in [5, 5.41) is 0. The first-order valence-corrected chi connectivity index (χ1v) is 6.57. The highest BCUT2D eigenvalue weighted by molar-refractivity contribution is 6.17. The van der Waals surface area contributed by atoms with Gasteiger partial charge in [-0.05, 0) is 23.6 Å². The van der Waals surface area contributed by atoms with Crippen molar-refractivity contribution in [3.63, 3.8) is 0 Å². The number of aryl methyl sites for hydroxylation is 1. The van der Waals surface area contributed by atoms with E-state index in [9.17, 15) is 0 Å². The van der Waals surface area contributed by atoms with Crippen molar-refractivity contribution in [2.45, 2.75) is 25.8 Å². The topological polar surface area (TPSA) is 22.1 Å². The third-order valence-corrected chi connectivity index (χ3v) is 2.97. The van der Waals surface area contributed by atoms with Gasteiger partial charge in [0.1, 0.15) is 6.61 Å². The molecule has 0 unspecified atom stereocenters. The second-order valence-electron chi connectivity index (χ2n) is 4.07. The number of nitrogens with zero attached hydrogens (tertiary/aromatic N) is 1. The van der Waals surface area contributed by atoms with Gasteiger partial charge in [-0.25, -0.2) is 4.98 Å². The maximum absolute atomic E-state index is 5.86. The van der Waals surface area contributed by atoms with Crippen molar-refractivity contribution >= 4 is 11.6 Å². The number of hydrogen-bond donors (Lipinski definition) is 0. The minimum absolute atomic E-state index is 0.483. The summed E-state index contributed by atoms with van der Waals surface area (Å²) in [4.78, 5) is 4.43. The van der Waals surface area contributed by atoms with E-state index in [1.165, 1.54) is 0 Å². The van der Waals surface area contributed by atoms with Crippen LogP contribution < -0.4 is 4.74 Å². The molecular weight excluding hydrogens is 246 g/mol. The molecule has 0 aliphatic rings. The molecule has 2 aromatic rings. The zero-order valence-corrected chi connectivity index (χ0v) is 11.2. The second kappa shape index (κ2) is 6.41. The number of benzene rings is 1. The number of alkyl halides is 1. The van der Waals surface area contributed by atoms with E-state index in [0.29, 0.717) is 18.4 Å². The second-order valence-corrected chi connectivity index (χ2v) is 4.33. The predicted molar refractivity (Wildman–Crippen MR) is 73.9 cm³/mol. The molecule has 94 valence electrons. The van der Waals surface area contributed by atoms with Gasteiger partial charge >= 0.3 is 0 Å². The Morgan fingerprint density at radius 1 is 1.11 bits per heavy atom. The number of halogens is 1. The first-order valence-electron chi connectivity index (χ1n) is 6.04. The Morgan fingerprint density at radius 2 is 1.89 bits per heavy atom. The monoisotopic (exact) mass is 261 g/mol. The molecule has 1 aromatic heterocycles. The molecule has 0 amide bonds. The largest absolute Gasteiger partial charge is 0.473 e. The van der Waals surface area contributed by atoms with Crippen molar-refractivity contribution in [2.75, 3.05) is 0 Å². The van der Waals surface area contributed by atoms with E-state index in [2.05, 4.69) is 11.9 Å². The van der Waals surface area contributed by atoms with Crippen LogP contribution in [0.25, 0.3) is 0 Å². The van der Waals surface area contributed by atoms with Crippen molar-refractivity contribution in [3.8, 4) is 5.88 Å². The smallest absolute Gasteiger partial charge is 0.214 e. The van der Waals surface area contributed by atoms with E-state index >= 15 is 0 Å². The van der Waals surface area contributed by atoms with Gasteiger partial charge in [0.05, 0.1) is 0 Å². The molecule has 0 bridgehead atoms. The summed E-state index contributed by atoms with van der Waals surface area (Å²) in [6.07, 6.45) is 0.881. The lowest BCUT2D eigenvalue weighted by atomic mass is 10.2. The van der Waals surface area contributed by atoms with E-state index in [1.807, 2.05) is 42.5 Å². The normalized spacial score (nSPS) is 10.3. The third-order valence-electron chi connectivity index (χ3n) is 2.66. The van der Waals surface area contributed by atoms with Gasteiger partial charge in [0.25, 0.3) is 0 Å². The van der Waals surface area contributed by atoms with E-state index in [4.69, 9.17) is 16.3 Å².